The zero-order chi connectivity index (χ0) is 40.9. The van der Waals surface area contributed by atoms with Gasteiger partial charge in [-0.25, -0.2) is 4.98 Å². The molecule has 316 valence electrons. The van der Waals surface area contributed by atoms with E-state index in [1.807, 2.05) is 79.0 Å². The summed E-state index contributed by atoms with van der Waals surface area (Å²) in [5.41, 5.74) is 5.94. The molecule has 13 heteroatoms. The van der Waals surface area contributed by atoms with Gasteiger partial charge in [0.05, 0.1) is 50.9 Å². The van der Waals surface area contributed by atoms with E-state index in [0.29, 0.717) is 74.6 Å². The molecule has 4 aromatic rings. The third-order valence-electron chi connectivity index (χ3n) is 10.6. The number of carbonyl (C=O) groups excluding carboxylic acids is 2. The molecule has 0 spiro atoms. The van der Waals surface area contributed by atoms with Gasteiger partial charge in [-0.15, -0.1) is 6.61 Å². The monoisotopic (exact) mass is 846 g/mol. The molecule has 0 atom stereocenters. The van der Waals surface area contributed by atoms with E-state index < -0.39 is 0 Å². The summed E-state index contributed by atoms with van der Waals surface area (Å²) < 4.78 is 27.8. The molecule has 1 saturated carbocycles. The van der Waals surface area contributed by atoms with Crippen LogP contribution in [0, 0.1) is 0 Å². The number of hydrogen-bond acceptors (Lipinski definition) is 10. The quantitative estimate of drug-likeness (QED) is 0.0819. The fraction of sp³-hybridized carbons (Fsp3) is 0.468. The molecule has 1 saturated heterocycles. The van der Waals surface area contributed by atoms with Crippen molar-refractivity contribution >= 4 is 28.9 Å². The first-order valence-electron chi connectivity index (χ1n) is 21.3. The molecule has 0 unspecified atom stereocenters. The first kappa shape index (κ1) is 47.8. The Morgan fingerprint density at radius 3 is 2.03 bits per heavy atom. The van der Waals surface area contributed by atoms with Crippen molar-refractivity contribution in [3.8, 4) is 17.0 Å². The van der Waals surface area contributed by atoms with Crippen molar-refractivity contribution in [1.82, 2.24) is 4.98 Å². The maximum Gasteiger partial charge on any atom is 1.00 e. The number of aromatic nitrogens is 1. The van der Waals surface area contributed by atoms with Gasteiger partial charge in [0.15, 0.2) is 0 Å². The van der Waals surface area contributed by atoms with Crippen LogP contribution in [0.1, 0.15) is 84.1 Å². The van der Waals surface area contributed by atoms with Gasteiger partial charge in [0.2, 0.25) is 5.88 Å². The van der Waals surface area contributed by atoms with Crippen molar-refractivity contribution in [2.24, 2.45) is 0 Å². The van der Waals surface area contributed by atoms with E-state index in [4.69, 9.17) is 23.7 Å². The maximum atomic E-state index is 14.0. The molecular weight excluding hydrogens is 788 g/mol. The van der Waals surface area contributed by atoms with E-state index in [1.165, 1.54) is 25.7 Å². The van der Waals surface area contributed by atoms with Gasteiger partial charge >= 0.3 is 51.4 Å². The summed E-state index contributed by atoms with van der Waals surface area (Å²) in [5, 5.41) is 16.4. The van der Waals surface area contributed by atoms with Gasteiger partial charge in [0, 0.05) is 61.1 Å². The molecule has 6 rings (SSSR count). The zero-order valence-electron chi connectivity index (χ0n) is 35.2. The van der Waals surface area contributed by atoms with Crippen LogP contribution < -0.4 is 76.8 Å². The summed E-state index contributed by atoms with van der Waals surface area (Å²) in [5.74, 6) is 0.0686. The molecule has 2 heterocycles. The van der Waals surface area contributed by atoms with Gasteiger partial charge in [-0.05, 0) is 117 Å². The molecule has 1 aliphatic heterocycles. The largest absolute Gasteiger partial charge is 1.00 e. The second kappa shape index (κ2) is 27.0. The van der Waals surface area contributed by atoms with E-state index in [9.17, 15) is 14.7 Å². The van der Waals surface area contributed by atoms with E-state index in [1.54, 1.807) is 6.07 Å². The van der Waals surface area contributed by atoms with Crippen molar-refractivity contribution in [3.05, 3.63) is 102 Å². The van der Waals surface area contributed by atoms with Crippen LogP contribution in [0.4, 0.5) is 17.1 Å². The third-order valence-corrected chi connectivity index (χ3v) is 10.6. The molecule has 12 nitrogen and oxygen atoms in total. The smallest absolute Gasteiger partial charge is 0.853 e. The van der Waals surface area contributed by atoms with Crippen LogP contribution in [0.15, 0.2) is 85.1 Å². The van der Waals surface area contributed by atoms with E-state index in [2.05, 4.69) is 20.5 Å². The number of nitrogens with zero attached hydrogens (tertiary/aromatic N) is 2. The Labute approximate surface area is 397 Å². The van der Waals surface area contributed by atoms with Crippen molar-refractivity contribution < 1.29 is 89.8 Å². The van der Waals surface area contributed by atoms with Crippen LogP contribution in [0.5, 0.6) is 5.88 Å². The molecule has 2 amide bonds. The van der Waals surface area contributed by atoms with Crippen LogP contribution in [0.25, 0.3) is 11.1 Å². The van der Waals surface area contributed by atoms with E-state index in [-0.39, 0.29) is 82.5 Å². The summed E-state index contributed by atoms with van der Waals surface area (Å²) in [6, 6.07) is 24.9. The summed E-state index contributed by atoms with van der Waals surface area (Å²) in [4.78, 5) is 34.5. The number of anilines is 3. The van der Waals surface area contributed by atoms with E-state index >= 15 is 0 Å². The zero-order valence-corrected chi connectivity index (χ0v) is 38.3. The number of nitrogens with one attached hydrogen (secondary N) is 2. The Morgan fingerprint density at radius 1 is 0.683 bits per heavy atom. The Balaban J connectivity index is 0.00000683. The van der Waals surface area contributed by atoms with Gasteiger partial charge in [0.25, 0.3) is 11.8 Å². The summed E-state index contributed by atoms with van der Waals surface area (Å²) in [6.07, 6.45) is 12.9. The van der Waals surface area contributed by atoms with Crippen LogP contribution in [0.2, 0.25) is 0 Å². The molecule has 2 aliphatic rings. The minimum absolute atomic E-state index is 0. The number of carbonyl (C=O) groups is 2. The number of benzene rings is 3. The van der Waals surface area contributed by atoms with Crippen molar-refractivity contribution in [3.63, 3.8) is 0 Å². The first-order chi connectivity index (χ1) is 29.1. The molecular formula is C47H59KN4O8. The summed E-state index contributed by atoms with van der Waals surface area (Å²) >= 11 is 0. The average molecular weight is 847 g/mol. The Bertz CT molecular complexity index is 1870. The van der Waals surface area contributed by atoms with Crippen LogP contribution in [0.3, 0.4) is 0 Å². The predicted octanol–water partition coefficient (Wildman–Crippen LogP) is 4.32. The Kier molecular flexibility index (Phi) is 21.5. The topological polar surface area (TPSA) is 144 Å². The first-order valence-corrected chi connectivity index (χ1v) is 21.3. The number of amides is 2. The number of pyridine rings is 1. The summed E-state index contributed by atoms with van der Waals surface area (Å²) in [7, 11) is 0. The van der Waals surface area contributed by atoms with Crippen LogP contribution >= 0.6 is 0 Å². The normalized spacial score (nSPS) is 14.3. The fourth-order valence-electron chi connectivity index (χ4n) is 7.36. The molecule has 1 aromatic heterocycles. The van der Waals surface area contributed by atoms with Crippen molar-refractivity contribution in [2.45, 2.75) is 70.3 Å². The maximum absolute atomic E-state index is 14.0. The van der Waals surface area contributed by atoms with Gasteiger partial charge in [0.1, 0.15) is 6.10 Å². The molecule has 0 radical (unpaired) electrons. The van der Waals surface area contributed by atoms with Gasteiger partial charge in [-0.2, -0.15) is 0 Å². The Hall–Kier alpha value is -3.21. The number of piperidine rings is 1. The molecule has 3 aromatic carbocycles. The summed E-state index contributed by atoms with van der Waals surface area (Å²) in [6.45, 7) is 5.13. The number of aryl methyl sites for hydroxylation is 1. The molecule has 1 aliphatic carbocycles. The minimum Gasteiger partial charge on any atom is -0.853 e. The second-order valence-corrected chi connectivity index (χ2v) is 15.0. The average Bonchev–Trinajstić information content (AvgIpc) is 3.28. The molecule has 60 heavy (non-hydrogen) atoms. The number of rotatable bonds is 23. The van der Waals surface area contributed by atoms with Crippen molar-refractivity contribution in [1.29, 1.82) is 0 Å². The second-order valence-electron chi connectivity index (χ2n) is 15.0. The van der Waals surface area contributed by atoms with Crippen molar-refractivity contribution in [2.75, 3.05) is 88.1 Å². The van der Waals surface area contributed by atoms with E-state index in [0.717, 1.165) is 74.0 Å². The molecule has 2 fully saturated rings. The number of hydrogen-bond donors (Lipinski definition) is 2. The van der Waals surface area contributed by atoms with Gasteiger partial charge in [-0.3, -0.25) is 9.59 Å². The van der Waals surface area contributed by atoms with Gasteiger partial charge < -0.3 is 44.3 Å². The molecule has 2 N–H and O–H groups in total. The predicted molar refractivity (Wildman–Crippen MR) is 228 cm³/mol. The SMILES string of the molecule is O=C(Nc1ccc(N2CCCCC2)cc1C(=O)Nc1ccc(-c2ccc(OC3CCCCC3)nc2)cc1)c1cccc(CCCOCCOCCOCCOCC[O-])c1.[K+]. The standard InChI is InChI=1S/C47H59N4O8.K/c52-24-26-56-28-30-58-32-31-57-29-27-55-25-8-10-36-9-7-11-38(33-36)46(53)50-44-20-19-41(51-22-5-2-6-23-51)34-43(44)47(54)49-40-17-14-37(15-18-40)39-16-21-45(48-35-39)59-42-12-3-1-4-13-42;/h7,9,11,14-21,33-35,42H,1-6,8,10,12-13,22-32H2,(H,49,54)(H,50,53);/q-1;+1. The van der Waals surface area contributed by atoms with Crippen LogP contribution in [-0.2, 0) is 25.4 Å². The fourth-order valence-corrected chi connectivity index (χ4v) is 7.36. The molecule has 0 bridgehead atoms. The Morgan fingerprint density at radius 2 is 1.35 bits per heavy atom. The van der Waals surface area contributed by atoms with Gasteiger partial charge in [-0.1, -0.05) is 30.7 Å². The van der Waals surface area contributed by atoms with Crippen LogP contribution in [-0.4, -0.2) is 95.5 Å². The number of ether oxygens (including phenoxy) is 5. The third kappa shape index (κ3) is 15.9. The minimum atomic E-state index is -0.302.